The van der Waals surface area contributed by atoms with Crippen LogP contribution in [0.3, 0.4) is 0 Å². The van der Waals surface area contributed by atoms with Crippen LogP contribution in [0.5, 0.6) is 0 Å². The third-order valence-electron chi connectivity index (χ3n) is 2.88. The summed E-state index contributed by atoms with van der Waals surface area (Å²) in [5.74, 6) is 2.60. The van der Waals surface area contributed by atoms with Crippen LogP contribution in [0, 0.1) is 12.8 Å². The zero-order chi connectivity index (χ0) is 11.1. The third-order valence-corrected chi connectivity index (χ3v) is 2.88. The summed E-state index contributed by atoms with van der Waals surface area (Å²) < 4.78 is 5.71. The van der Waals surface area contributed by atoms with Crippen LogP contribution in [0.15, 0.2) is 4.42 Å². The molecule has 1 aromatic rings. The quantitative estimate of drug-likeness (QED) is 0.808. The molecule has 0 saturated carbocycles. The van der Waals surface area contributed by atoms with Crippen molar-refractivity contribution < 1.29 is 4.42 Å². The van der Waals surface area contributed by atoms with Gasteiger partial charge in [-0.25, -0.2) is 4.98 Å². The van der Waals surface area contributed by atoms with Crippen molar-refractivity contribution >= 4 is 0 Å². The first-order valence-electron chi connectivity index (χ1n) is 5.64. The molecule has 0 unspecified atom stereocenters. The molecule has 0 amide bonds. The van der Waals surface area contributed by atoms with Crippen LogP contribution in [0.1, 0.15) is 38.1 Å². The van der Waals surface area contributed by atoms with Gasteiger partial charge in [-0.05, 0) is 25.9 Å². The minimum absolute atomic E-state index is 0.0870. The first kappa shape index (κ1) is 10.7. The Morgan fingerprint density at radius 2 is 2.07 bits per heavy atom. The van der Waals surface area contributed by atoms with Gasteiger partial charge in [0.2, 0.25) is 0 Å². The molecule has 1 aromatic heterocycles. The molecule has 0 radical (unpaired) electrons. The van der Waals surface area contributed by atoms with Crippen molar-refractivity contribution in [1.82, 2.24) is 10.3 Å². The Balaban J connectivity index is 2.13. The number of hydrogen-bond acceptors (Lipinski definition) is 3. The molecule has 3 heteroatoms. The molecular weight excluding hydrogens is 188 g/mol. The number of aryl methyl sites for hydroxylation is 1. The molecule has 1 saturated heterocycles. The molecule has 0 bridgehead atoms. The van der Waals surface area contributed by atoms with Gasteiger partial charge in [-0.15, -0.1) is 0 Å². The lowest BCUT2D eigenvalue weighted by molar-refractivity contribution is 0.315. The molecule has 0 atom stereocenters. The number of hydrogen-bond donors (Lipinski definition) is 1. The topological polar surface area (TPSA) is 38.1 Å². The Morgan fingerprint density at radius 1 is 1.40 bits per heavy atom. The highest BCUT2D eigenvalue weighted by Crippen LogP contribution is 2.26. The van der Waals surface area contributed by atoms with E-state index >= 15 is 0 Å². The molecule has 84 valence electrons. The Labute approximate surface area is 91.3 Å². The van der Waals surface area contributed by atoms with E-state index in [1.54, 1.807) is 0 Å². The largest absolute Gasteiger partial charge is 0.446 e. The van der Waals surface area contributed by atoms with Crippen LogP contribution in [-0.2, 0) is 11.8 Å². The molecular formula is C12H20N2O. The van der Waals surface area contributed by atoms with Gasteiger partial charge in [-0.1, -0.05) is 20.8 Å². The van der Waals surface area contributed by atoms with Gasteiger partial charge < -0.3 is 9.73 Å². The fourth-order valence-corrected chi connectivity index (χ4v) is 1.97. The van der Waals surface area contributed by atoms with Crippen molar-refractivity contribution in [3.8, 4) is 0 Å². The molecule has 1 aliphatic rings. The second-order valence-electron chi connectivity index (χ2n) is 5.49. The predicted octanol–water partition coefficient (Wildman–Crippen LogP) is 2.04. The van der Waals surface area contributed by atoms with Crippen LogP contribution in [0.2, 0.25) is 0 Å². The molecule has 15 heavy (non-hydrogen) atoms. The second-order valence-corrected chi connectivity index (χ2v) is 5.49. The van der Waals surface area contributed by atoms with Gasteiger partial charge >= 0.3 is 0 Å². The van der Waals surface area contributed by atoms with E-state index in [0.29, 0.717) is 0 Å². The number of aromatic nitrogens is 1. The van der Waals surface area contributed by atoms with Crippen molar-refractivity contribution in [3.63, 3.8) is 0 Å². The highest BCUT2D eigenvalue weighted by Gasteiger charge is 2.25. The first-order chi connectivity index (χ1) is 6.97. The zero-order valence-corrected chi connectivity index (χ0v) is 10.1. The third kappa shape index (κ3) is 2.23. The van der Waals surface area contributed by atoms with E-state index in [2.05, 4.69) is 31.1 Å². The maximum atomic E-state index is 5.71. The lowest BCUT2D eigenvalue weighted by Gasteiger charge is -2.25. The van der Waals surface area contributed by atoms with E-state index in [0.717, 1.165) is 42.8 Å². The number of nitrogens with one attached hydrogen (secondary N) is 1. The molecule has 0 spiro atoms. The van der Waals surface area contributed by atoms with Gasteiger partial charge in [-0.3, -0.25) is 0 Å². The predicted molar refractivity (Wildman–Crippen MR) is 60.0 cm³/mol. The molecule has 0 aliphatic carbocycles. The minimum atomic E-state index is 0.0870. The summed E-state index contributed by atoms with van der Waals surface area (Å²) in [7, 11) is 0. The Morgan fingerprint density at radius 3 is 2.47 bits per heavy atom. The van der Waals surface area contributed by atoms with Crippen LogP contribution in [-0.4, -0.2) is 18.1 Å². The highest BCUT2D eigenvalue weighted by molar-refractivity contribution is 5.17. The Hall–Kier alpha value is -0.830. The SMILES string of the molecule is Cc1oc(CC2CNC2)nc1C(C)(C)C. The molecule has 1 fully saturated rings. The van der Waals surface area contributed by atoms with E-state index < -0.39 is 0 Å². The van der Waals surface area contributed by atoms with Crippen molar-refractivity contribution in [3.05, 3.63) is 17.3 Å². The fourth-order valence-electron chi connectivity index (χ4n) is 1.97. The van der Waals surface area contributed by atoms with Crippen LogP contribution < -0.4 is 5.32 Å². The molecule has 0 aromatic carbocycles. The van der Waals surface area contributed by atoms with E-state index in [9.17, 15) is 0 Å². The summed E-state index contributed by atoms with van der Waals surface area (Å²) in [6.45, 7) is 10.7. The van der Waals surface area contributed by atoms with E-state index in [-0.39, 0.29) is 5.41 Å². The number of nitrogens with zero attached hydrogens (tertiary/aromatic N) is 1. The van der Waals surface area contributed by atoms with Gasteiger partial charge in [0.15, 0.2) is 5.89 Å². The zero-order valence-electron chi connectivity index (χ0n) is 10.1. The number of oxazole rings is 1. The van der Waals surface area contributed by atoms with Crippen LogP contribution in [0.4, 0.5) is 0 Å². The summed E-state index contributed by atoms with van der Waals surface area (Å²) in [6.07, 6.45) is 0.976. The lowest BCUT2D eigenvalue weighted by Crippen LogP contribution is -2.43. The van der Waals surface area contributed by atoms with Gasteiger partial charge in [0.1, 0.15) is 5.76 Å². The summed E-state index contributed by atoms with van der Waals surface area (Å²) in [6, 6.07) is 0. The van der Waals surface area contributed by atoms with Crippen LogP contribution >= 0.6 is 0 Å². The van der Waals surface area contributed by atoms with Crippen molar-refractivity contribution in [2.45, 2.75) is 39.5 Å². The van der Waals surface area contributed by atoms with Crippen molar-refractivity contribution in [1.29, 1.82) is 0 Å². The Kier molecular flexibility index (Phi) is 2.59. The van der Waals surface area contributed by atoms with Crippen molar-refractivity contribution in [2.75, 3.05) is 13.1 Å². The monoisotopic (exact) mass is 208 g/mol. The number of rotatable bonds is 2. The summed E-state index contributed by atoms with van der Waals surface area (Å²) in [4.78, 5) is 4.61. The molecule has 2 rings (SSSR count). The van der Waals surface area contributed by atoms with E-state index in [4.69, 9.17) is 4.42 Å². The van der Waals surface area contributed by atoms with E-state index in [1.165, 1.54) is 0 Å². The Bertz CT molecular complexity index is 345. The maximum absolute atomic E-state index is 5.71. The first-order valence-corrected chi connectivity index (χ1v) is 5.64. The van der Waals surface area contributed by atoms with Gasteiger partial charge in [0.05, 0.1) is 5.69 Å². The summed E-state index contributed by atoms with van der Waals surface area (Å²) >= 11 is 0. The average molecular weight is 208 g/mol. The van der Waals surface area contributed by atoms with Crippen LogP contribution in [0.25, 0.3) is 0 Å². The lowest BCUT2D eigenvalue weighted by atomic mass is 9.91. The normalized spacial score (nSPS) is 17.9. The fraction of sp³-hybridized carbons (Fsp3) is 0.750. The van der Waals surface area contributed by atoms with Crippen molar-refractivity contribution in [2.24, 2.45) is 5.92 Å². The molecule has 3 nitrogen and oxygen atoms in total. The standard InChI is InChI=1S/C12H20N2O/c1-8-11(12(2,3)4)14-10(15-8)5-9-6-13-7-9/h9,13H,5-7H2,1-4H3. The molecule has 1 N–H and O–H groups in total. The smallest absolute Gasteiger partial charge is 0.195 e. The summed E-state index contributed by atoms with van der Waals surface area (Å²) in [5.41, 5.74) is 1.19. The van der Waals surface area contributed by atoms with Gasteiger partial charge in [0.25, 0.3) is 0 Å². The minimum Gasteiger partial charge on any atom is -0.446 e. The molecule has 1 aliphatic heterocycles. The van der Waals surface area contributed by atoms with Gasteiger partial charge in [0, 0.05) is 11.8 Å². The maximum Gasteiger partial charge on any atom is 0.195 e. The highest BCUT2D eigenvalue weighted by atomic mass is 16.4. The van der Waals surface area contributed by atoms with Gasteiger partial charge in [-0.2, -0.15) is 0 Å². The second kappa shape index (κ2) is 3.63. The molecule has 2 heterocycles. The average Bonchev–Trinajstić information content (AvgIpc) is 2.38. The summed E-state index contributed by atoms with van der Waals surface area (Å²) in [5, 5.41) is 3.26. The van der Waals surface area contributed by atoms with E-state index in [1.807, 2.05) is 6.92 Å².